The third kappa shape index (κ3) is 7.51. The van der Waals surface area contributed by atoms with Crippen LogP contribution in [0.3, 0.4) is 0 Å². The van der Waals surface area contributed by atoms with E-state index < -0.39 is 23.7 Å². The van der Waals surface area contributed by atoms with Gasteiger partial charge in [-0.05, 0) is 18.8 Å². The summed E-state index contributed by atoms with van der Waals surface area (Å²) in [4.78, 5) is 45.7. The Morgan fingerprint density at radius 1 is 1.21 bits per heavy atom. The van der Waals surface area contributed by atoms with Crippen LogP contribution in [0.1, 0.15) is 58.2 Å². The number of rotatable bonds is 13. The molecule has 2 rings (SSSR count). The van der Waals surface area contributed by atoms with E-state index in [4.69, 9.17) is 0 Å². The lowest BCUT2D eigenvalue weighted by Crippen LogP contribution is -2.41. The molecule has 34 heavy (non-hydrogen) atoms. The van der Waals surface area contributed by atoms with Crippen LogP contribution >= 0.6 is 0 Å². The van der Waals surface area contributed by atoms with E-state index in [-0.39, 0.29) is 30.5 Å². The minimum atomic E-state index is -0.841. The van der Waals surface area contributed by atoms with Crippen LogP contribution in [0.4, 0.5) is 16.0 Å². The number of hydrogen-bond acceptors (Lipinski definition) is 8. The number of carbonyl (C=O) groups excluding carboxylic acids is 3. The summed E-state index contributed by atoms with van der Waals surface area (Å²) in [6, 6.07) is -0.679. The molecule has 1 aliphatic carbocycles. The number of hydroxylamine groups is 2. The number of carbonyl (C=O) groups is 3. The molecule has 1 unspecified atom stereocenters. The number of halogens is 1. The molecule has 4 N–H and O–H groups in total. The number of nitrogens with one attached hydrogen (secondary N) is 3. The summed E-state index contributed by atoms with van der Waals surface area (Å²) in [6.07, 6.45) is 5.72. The van der Waals surface area contributed by atoms with Crippen LogP contribution in [0.2, 0.25) is 0 Å². The lowest BCUT2D eigenvalue weighted by molar-refractivity contribution is -0.154. The van der Waals surface area contributed by atoms with Gasteiger partial charge in [0.05, 0.1) is 12.5 Å². The SMILES string of the molecule is CCc1nc(NNC(=O)[C@H](CC2CCCC2)CN(O)C=O)c(F)c(NC(CC)C(=O)N(C)C)n1. The second kappa shape index (κ2) is 13.0. The molecule has 3 amide bonds. The summed E-state index contributed by atoms with van der Waals surface area (Å²) >= 11 is 0. The second-order valence-electron chi connectivity index (χ2n) is 8.77. The highest BCUT2D eigenvalue weighted by molar-refractivity contribution is 5.84. The maximum atomic E-state index is 15.2. The topological polar surface area (TPSA) is 140 Å². The van der Waals surface area contributed by atoms with Crippen molar-refractivity contribution in [3.8, 4) is 0 Å². The highest BCUT2D eigenvalue weighted by Crippen LogP contribution is 2.30. The zero-order chi connectivity index (χ0) is 25.3. The van der Waals surface area contributed by atoms with Crippen LogP contribution in [-0.2, 0) is 20.8 Å². The van der Waals surface area contributed by atoms with Crippen LogP contribution < -0.4 is 16.2 Å². The summed E-state index contributed by atoms with van der Waals surface area (Å²) in [6.45, 7) is 3.43. The average Bonchev–Trinajstić information content (AvgIpc) is 3.34. The predicted molar refractivity (Wildman–Crippen MR) is 124 cm³/mol. The lowest BCUT2D eigenvalue weighted by atomic mass is 9.92. The van der Waals surface area contributed by atoms with Crippen LogP contribution in [0, 0.1) is 17.7 Å². The number of likely N-dealkylation sites (N-methyl/N-ethyl adjacent to an activating group) is 1. The van der Waals surface area contributed by atoms with Crippen LogP contribution in [-0.4, -0.2) is 70.0 Å². The average molecular weight is 482 g/mol. The summed E-state index contributed by atoms with van der Waals surface area (Å²) < 4.78 is 15.2. The minimum absolute atomic E-state index is 0.143. The minimum Gasteiger partial charge on any atom is -0.356 e. The van der Waals surface area contributed by atoms with Crippen molar-refractivity contribution < 1.29 is 24.0 Å². The standard InChI is InChI=1S/C22H36FN7O4/c1-5-16(22(33)29(3)4)24-19-18(23)20(26-17(6-2)25-19)27-28-21(32)15(12-30(34)13-31)11-14-9-7-8-10-14/h13-16,34H,5-12H2,1-4H3,(H,28,32)(H2,24,25,26,27)/t15-,16?/m1/s1. The van der Waals surface area contributed by atoms with E-state index >= 15 is 4.39 Å². The van der Waals surface area contributed by atoms with E-state index in [0.717, 1.165) is 25.7 Å². The number of nitrogens with zero attached hydrogens (tertiary/aromatic N) is 4. The molecule has 190 valence electrons. The fraction of sp³-hybridized carbons (Fsp3) is 0.682. The number of aryl methyl sites for hydroxylation is 1. The first-order valence-corrected chi connectivity index (χ1v) is 11.7. The molecular formula is C22H36FN7O4. The van der Waals surface area contributed by atoms with Crippen molar-refractivity contribution >= 4 is 29.9 Å². The van der Waals surface area contributed by atoms with Gasteiger partial charge < -0.3 is 10.2 Å². The third-order valence-electron chi connectivity index (χ3n) is 5.97. The van der Waals surface area contributed by atoms with Gasteiger partial charge in [0, 0.05) is 20.5 Å². The van der Waals surface area contributed by atoms with Crippen molar-refractivity contribution in [1.29, 1.82) is 0 Å². The summed E-state index contributed by atoms with van der Waals surface area (Å²) in [5.74, 6) is -1.98. The molecular weight excluding hydrogens is 445 g/mol. The van der Waals surface area contributed by atoms with Crippen molar-refractivity contribution in [1.82, 2.24) is 25.4 Å². The third-order valence-corrected chi connectivity index (χ3v) is 5.97. The largest absolute Gasteiger partial charge is 0.356 e. The first-order chi connectivity index (χ1) is 16.2. The van der Waals surface area contributed by atoms with Crippen LogP contribution in [0.25, 0.3) is 0 Å². The van der Waals surface area contributed by atoms with Crippen LogP contribution in [0.15, 0.2) is 0 Å². The van der Waals surface area contributed by atoms with Gasteiger partial charge in [0.2, 0.25) is 24.0 Å². The van der Waals surface area contributed by atoms with Gasteiger partial charge in [0.15, 0.2) is 11.6 Å². The molecule has 1 heterocycles. The maximum Gasteiger partial charge on any atom is 0.244 e. The fourth-order valence-corrected chi connectivity index (χ4v) is 4.05. The van der Waals surface area contributed by atoms with Gasteiger partial charge in [0.25, 0.3) is 0 Å². The molecule has 1 aromatic heterocycles. The van der Waals surface area contributed by atoms with E-state index in [1.807, 2.05) is 0 Å². The van der Waals surface area contributed by atoms with Gasteiger partial charge in [-0.25, -0.2) is 15.0 Å². The van der Waals surface area contributed by atoms with Gasteiger partial charge in [-0.1, -0.05) is 39.5 Å². The molecule has 0 bridgehead atoms. The summed E-state index contributed by atoms with van der Waals surface area (Å²) in [5.41, 5.74) is 4.97. The van der Waals surface area contributed by atoms with Gasteiger partial charge in [0.1, 0.15) is 11.9 Å². The molecule has 0 radical (unpaired) electrons. The summed E-state index contributed by atoms with van der Waals surface area (Å²) in [7, 11) is 3.23. The highest BCUT2D eigenvalue weighted by Gasteiger charge is 2.28. The number of amides is 3. The highest BCUT2D eigenvalue weighted by atomic mass is 19.1. The number of anilines is 2. The molecule has 12 heteroatoms. The molecule has 0 spiro atoms. The Hall–Kier alpha value is -3.02. The molecule has 11 nitrogen and oxygen atoms in total. The normalized spacial score (nSPS) is 15.4. The van der Waals surface area contributed by atoms with E-state index in [9.17, 15) is 19.6 Å². The van der Waals surface area contributed by atoms with Gasteiger partial charge >= 0.3 is 0 Å². The van der Waals surface area contributed by atoms with Crippen molar-refractivity contribution in [2.75, 3.05) is 31.4 Å². The van der Waals surface area contributed by atoms with Crippen LogP contribution in [0.5, 0.6) is 0 Å². The first kappa shape index (κ1) is 27.2. The number of hydrogen-bond donors (Lipinski definition) is 4. The Balaban J connectivity index is 2.17. The molecule has 0 aliphatic heterocycles. The zero-order valence-corrected chi connectivity index (χ0v) is 20.3. The molecule has 1 aliphatic rings. The second-order valence-corrected chi connectivity index (χ2v) is 8.77. The molecule has 1 saturated carbocycles. The van der Waals surface area contributed by atoms with Crippen molar-refractivity contribution in [3.05, 3.63) is 11.6 Å². The quantitative estimate of drug-likeness (QED) is 0.190. The Kier molecular flexibility index (Phi) is 10.4. The van der Waals surface area contributed by atoms with E-state index in [2.05, 4.69) is 26.1 Å². The van der Waals surface area contributed by atoms with Gasteiger partial charge in [-0.2, -0.15) is 4.39 Å². The lowest BCUT2D eigenvalue weighted by Gasteiger charge is -2.23. The summed E-state index contributed by atoms with van der Waals surface area (Å²) in [5, 5.41) is 12.9. The monoisotopic (exact) mass is 481 g/mol. The Labute approximate surface area is 199 Å². The maximum absolute atomic E-state index is 15.2. The van der Waals surface area contributed by atoms with Gasteiger partial charge in [-0.3, -0.25) is 30.4 Å². The fourth-order valence-electron chi connectivity index (χ4n) is 4.05. The Bertz CT molecular complexity index is 849. The predicted octanol–water partition coefficient (Wildman–Crippen LogP) is 1.94. The van der Waals surface area contributed by atoms with E-state index in [1.165, 1.54) is 4.90 Å². The molecule has 0 aromatic carbocycles. The number of aromatic nitrogens is 2. The number of hydrazine groups is 1. The van der Waals surface area contributed by atoms with Crippen molar-refractivity contribution in [2.24, 2.45) is 11.8 Å². The molecule has 2 atom stereocenters. The first-order valence-electron chi connectivity index (χ1n) is 11.7. The van der Waals surface area contributed by atoms with Gasteiger partial charge in [-0.15, -0.1) is 0 Å². The molecule has 1 fully saturated rings. The molecule has 0 saturated heterocycles. The Morgan fingerprint density at radius 2 is 1.85 bits per heavy atom. The van der Waals surface area contributed by atoms with Crippen molar-refractivity contribution in [3.63, 3.8) is 0 Å². The molecule has 1 aromatic rings. The van der Waals surface area contributed by atoms with E-state index in [1.54, 1.807) is 27.9 Å². The van der Waals surface area contributed by atoms with E-state index in [0.29, 0.717) is 36.1 Å². The zero-order valence-electron chi connectivity index (χ0n) is 20.3. The Morgan fingerprint density at radius 3 is 2.41 bits per heavy atom. The smallest absolute Gasteiger partial charge is 0.244 e. The van der Waals surface area contributed by atoms with Crippen molar-refractivity contribution in [2.45, 2.75) is 64.8 Å².